The first kappa shape index (κ1) is 36.2. The van der Waals surface area contributed by atoms with Crippen molar-refractivity contribution < 1.29 is 38.1 Å². The highest BCUT2D eigenvalue weighted by atomic mass is 28.4. The third kappa shape index (κ3) is 8.62. The fourth-order valence-corrected chi connectivity index (χ4v) is 6.30. The highest BCUT2D eigenvalue weighted by Gasteiger charge is 2.44. The Hall–Kier alpha value is -2.66. The molecule has 256 valence electrons. The van der Waals surface area contributed by atoms with Crippen LogP contribution in [0.15, 0.2) is 30.4 Å². The van der Waals surface area contributed by atoms with E-state index >= 15 is 0 Å². The number of carbonyl (C=O) groups excluding carboxylic acids is 2. The van der Waals surface area contributed by atoms with Crippen LogP contribution in [0.4, 0.5) is 10.5 Å². The van der Waals surface area contributed by atoms with Crippen LogP contribution in [0.3, 0.4) is 0 Å². The number of cyclic esters (lactones) is 1. The van der Waals surface area contributed by atoms with Crippen molar-refractivity contribution in [3.8, 4) is 5.75 Å². The van der Waals surface area contributed by atoms with Crippen LogP contribution in [0.2, 0.25) is 18.1 Å². The summed E-state index contributed by atoms with van der Waals surface area (Å²) in [4.78, 5) is 29.4. The molecule has 9 nitrogen and oxygen atoms in total. The monoisotopic (exact) mass is 657 g/mol. The number of ether oxygens (including phenoxy) is 4. The summed E-state index contributed by atoms with van der Waals surface area (Å²) in [6.07, 6.45) is 6.59. The van der Waals surface area contributed by atoms with Gasteiger partial charge in [0, 0.05) is 18.0 Å². The van der Waals surface area contributed by atoms with Crippen molar-refractivity contribution in [2.24, 2.45) is 5.92 Å². The van der Waals surface area contributed by atoms with Crippen LogP contribution < -0.4 is 9.33 Å². The average Bonchev–Trinajstić information content (AvgIpc) is 3.66. The third-order valence-corrected chi connectivity index (χ3v) is 13.5. The Bertz CT molecular complexity index is 1350. The van der Waals surface area contributed by atoms with Crippen molar-refractivity contribution >= 4 is 32.1 Å². The van der Waals surface area contributed by atoms with Crippen molar-refractivity contribution in [2.45, 2.75) is 148 Å². The molecule has 0 aromatic heterocycles. The molecule has 2 fully saturated rings. The number of amides is 1. The molecule has 4 rings (SSSR count). The number of aliphatic hydroxyl groups excluding tert-OH is 1. The van der Waals surface area contributed by atoms with Crippen LogP contribution >= 0.6 is 0 Å². The van der Waals surface area contributed by atoms with E-state index in [1.54, 1.807) is 17.0 Å². The molecule has 2 heterocycles. The Labute approximate surface area is 276 Å². The van der Waals surface area contributed by atoms with Crippen LogP contribution in [0.1, 0.15) is 104 Å². The summed E-state index contributed by atoms with van der Waals surface area (Å²) in [6.45, 7) is 23.7. The highest BCUT2D eigenvalue weighted by Crippen LogP contribution is 2.43. The molecule has 5 atom stereocenters. The van der Waals surface area contributed by atoms with Gasteiger partial charge < -0.3 is 28.5 Å². The molecule has 0 spiro atoms. The summed E-state index contributed by atoms with van der Waals surface area (Å²) in [5.41, 5.74) is 0.794. The Balaban J connectivity index is 1.90. The lowest BCUT2D eigenvalue weighted by atomic mass is 9.98. The van der Waals surface area contributed by atoms with E-state index in [4.69, 9.17) is 23.4 Å². The number of nitrogens with zero attached hydrogens (tertiary/aromatic N) is 1. The molecule has 1 N–H and O–H groups in total. The number of hydrogen-bond donors (Lipinski definition) is 1. The van der Waals surface area contributed by atoms with Gasteiger partial charge in [-0.25, -0.2) is 9.59 Å². The summed E-state index contributed by atoms with van der Waals surface area (Å²) in [5, 5.41) is 10.9. The molecule has 46 heavy (non-hydrogen) atoms. The van der Waals surface area contributed by atoms with Crippen LogP contribution in [-0.2, 0) is 18.9 Å². The number of esters is 1. The maximum Gasteiger partial charge on any atom is 0.415 e. The van der Waals surface area contributed by atoms with Gasteiger partial charge in [0.2, 0.25) is 0 Å². The molecule has 10 heteroatoms. The van der Waals surface area contributed by atoms with E-state index < -0.39 is 56.2 Å². The van der Waals surface area contributed by atoms with E-state index in [2.05, 4.69) is 33.9 Å². The zero-order chi connectivity index (χ0) is 34.4. The van der Waals surface area contributed by atoms with Crippen molar-refractivity contribution in [3.05, 3.63) is 41.5 Å². The van der Waals surface area contributed by atoms with Crippen LogP contribution in [0.5, 0.6) is 5.75 Å². The molecule has 3 aliphatic rings. The number of anilines is 1. The van der Waals surface area contributed by atoms with Crippen LogP contribution in [0.25, 0.3) is 6.08 Å². The quantitative estimate of drug-likeness (QED) is 0.197. The van der Waals surface area contributed by atoms with E-state index in [1.807, 2.05) is 72.8 Å². The van der Waals surface area contributed by atoms with Gasteiger partial charge in [-0.2, -0.15) is 0 Å². The van der Waals surface area contributed by atoms with Gasteiger partial charge in [-0.3, -0.25) is 4.90 Å². The number of carbonyl (C=O) groups is 2. The van der Waals surface area contributed by atoms with Crippen molar-refractivity contribution in [2.75, 3.05) is 4.90 Å². The summed E-state index contributed by atoms with van der Waals surface area (Å²) >= 11 is 0. The lowest BCUT2D eigenvalue weighted by Gasteiger charge is -2.37. The standard InChI is InChI=1S/C36H55NO8Si/c1-22-16-19-27(38)31-28(42-36(9,10)43-31)15-13-14-24-20-26(37(25-17-18-25)33(40)44-34(3,4)5)21-29(30(24)32(39)41-23(22)2)45-46(11,12)35(6,7)8/h13-14,16,19-23,25,27-28,31,38H,15,17-18H2,1-12H3/t22-,23+,27?,28+,31-/m1/s1. The third-order valence-electron chi connectivity index (χ3n) is 9.14. The highest BCUT2D eigenvalue weighted by molar-refractivity contribution is 6.74. The molecule has 0 radical (unpaired) electrons. The SMILES string of the molecule is C[C@@H]1C=CC(O)[C@H]2OC(C)(C)O[C@H]2CC=Cc2cc(N(C(=O)OC(C)(C)C)C3CC3)cc(O[Si](C)(C)C(C)(C)C)c2C(=O)O[C@H]1C. The van der Waals surface area contributed by atoms with E-state index in [-0.39, 0.29) is 17.0 Å². The number of rotatable bonds is 4. The first-order valence-corrected chi connectivity index (χ1v) is 19.5. The smallest absolute Gasteiger partial charge is 0.415 e. The number of aliphatic hydroxyl groups is 1. The second-order valence-electron chi connectivity index (χ2n) is 16.0. The fourth-order valence-electron chi connectivity index (χ4n) is 5.28. The molecule has 1 saturated heterocycles. The second-order valence-corrected chi connectivity index (χ2v) is 20.7. The van der Waals surface area contributed by atoms with E-state index in [9.17, 15) is 14.7 Å². The minimum atomic E-state index is -2.47. The Kier molecular flexibility index (Phi) is 10.3. The van der Waals surface area contributed by atoms with Crippen molar-refractivity contribution in [1.82, 2.24) is 0 Å². The van der Waals surface area contributed by atoms with Gasteiger partial charge in [0.1, 0.15) is 35.2 Å². The van der Waals surface area contributed by atoms with Gasteiger partial charge in [0.05, 0.1) is 11.8 Å². The molecule has 1 amide bonds. The van der Waals surface area contributed by atoms with Gasteiger partial charge in [-0.15, -0.1) is 0 Å². The molecule has 1 aromatic carbocycles. The maximum absolute atomic E-state index is 14.1. The maximum atomic E-state index is 14.1. The fraction of sp³-hybridized carbons (Fsp3) is 0.667. The molecule has 0 bridgehead atoms. The van der Waals surface area contributed by atoms with Gasteiger partial charge in [0.15, 0.2) is 5.79 Å². The van der Waals surface area contributed by atoms with E-state index in [0.29, 0.717) is 29.0 Å². The minimum absolute atomic E-state index is 0.00997. The van der Waals surface area contributed by atoms with Gasteiger partial charge in [0.25, 0.3) is 8.32 Å². The lowest BCUT2D eigenvalue weighted by molar-refractivity contribution is -0.152. The normalized spacial score (nSPS) is 27.2. The lowest BCUT2D eigenvalue weighted by Crippen LogP contribution is -2.44. The van der Waals surface area contributed by atoms with E-state index in [1.165, 1.54) is 0 Å². The first-order valence-electron chi connectivity index (χ1n) is 16.6. The van der Waals surface area contributed by atoms with Gasteiger partial charge in [-0.05, 0) is 90.6 Å². The molecule has 2 aliphatic heterocycles. The van der Waals surface area contributed by atoms with Gasteiger partial charge >= 0.3 is 12.1 Å². The Morgan fingerprint density at radius 1 is 1.04 bits per heavy atom. The van der Waals surface area contributed by atoms with Gasteiger partial charge in [-0.1, -0.05) is 52.0 Å². The molecule has 1 unspecified atom stereocenters. The summed E-state index contributed by atoms with van der Waals surface area (Å²) in [7, 11) is -2.47. The minimum Gasteiger partial charge on any atom is -0.543 e. The summed E-state index contributed by atoms with van der Waals surface area (Å²) < 4.78 is 31.1. The summed E-state index contributed by atoms with van der Waals surface area (Å²) in [6, 6.07) is 3.64. The van der Waals surface area contributed by atoms with Crippen molar-refractivity contribution in [1.29, 1.82) is 0 Å². The second kappa shape index (κ2) is 13.1. The molecular weight excluding hydrogens is 602 g/mol. The number of hydrogen-bond acceptors (Lipinski definition) is 8. The Morgan fingerprint density at radius 3 is 2.28 bits per heavy atom. The first-order chi connectivity index (χ1) is 21.1. The average molecular weight is 658 g/mol. The predicted molar refractivity (Wildman–Crippen MR) is 183 cm³/mol. The number of fused-ring (bicyclic) bond motifs is 2. The van der Waals surface area contributed by atoms with Crippen molar-refractivity contribution in [3.63, 3.8) is 0 Å². The molecule has 1 saturated carbocycles. The predicted octanol–water partition coefficient (Wildman–Crippen LogP) is 8.01. The topological polar surface area (TPSA) is 104 Å². The van der Waals surface area contributed by atoms with Crippen LogP contribution in [0, 0.1) is 5.92 Å². The molecular formula is C36H55NO8Si. The Morgan fingerprint density at radius 2 is 1.70 bits per heavy atom. The molecule has 1 aliphatic carbocycles. The molecule has 1 aromatic rings. The summed E-state index contributed by atoms with van der Waals surface area (Å²) in [5.74, 6) is -1.19. The zero-order valence-corrected chi connectivity index (χ0v) is 30.8. The number of benzene rings is 1. The zero-order valence-electron chi connectivity index (χ0n) is 29.8. The van der Waals surface area contributed by atoms with E-state index in [0.717, 1.165) is 12.8 Å². The largest absolute Gasteiger partial charge is 0.543 e. The van der Waals surface area contributed by atoms with Crippen LogP contribution in [-0.4, -0.2) is 67.3 Å².